The van der Waals surface area contributed by atoms with Crippen LogP contribution in [0, 0.1) is 0 Å². The van der Waals surface area contributed by atoms with Crippen LogP contribution in [0.15, 0.2) is 24.3 Å². The van der Waals surface area contributed by atoms with Gasteiger partial charge in [-0.3, -0.25) is 4.79 Å². The molecule has 5 heteroatoms. The number of anilines is 1. The Morgan fingerprint density at radius 2 is 1.80 bits per heavy atom. The second kappa shape index (κ2) is 8.88. The van der Waals surface area contributed by atoms with Gasteiger partial charge in [0.1, 0.15) is 5.54 Å². The Labute approximate surface area is 150 Å². The number of benzene rings is 1. The first-order valence-corrected chi connectivity index (χ1v) is 9.32. The zero-order valence-corrected chi connectivity index (χ0v) is 15.6. The molecule has 0 aliphatic heterocycles. The average molecular weight is 346 g/mol. The van der Waals surface area contributed by atoms with E-state index in [2.05, 4.69) is 24.1 Å². The Balaban J connectivity index is 2.08. The van der Waals surface area contributed by atoms with E-state index in [0.29, 0.717) is 18.4 Å². The third kappa shape index (κ3) is 4.53. The molecule has 1 aliphatic rings. The second-order valence-electron chi connectivity index (χ2n) is 6.72. The van der Waals surface area contributed by atoms with E-state index in [1.54, 1.807) is 0 Å². The first-order chi connectivity index (χ1) is 12.1. The fraction of sp³-hybridized carbons (Fsp3) is 0.600. The number of carbonyl (C=O) groups is 2. The summed E-state index contributed by atoms with van der Waals surface area (Å²) in [5.41, 5.74) is 0.836. The van der Waals surface area contributed by atoms with Crippen LogP contribution in [0.1, 0.15) is 62.7 Å². The highest BCUT2D eigenvalue weighted by atomic mass is 16.5. The molecule has 0 spiro atoms. The molecular weight excluding hydrogens is 316 g/mol. The molecule has 1 aromatic carbocycles. The van der Waals surface area contributed by atoms with Crippen molar-refractivity contribution in [2.24, 2.45) is 0 Å². The second-order valence-corrected chi connectivity index (χ2v) is 6.72. The van der Waals surface area contributed by atoms with Crippen molar-refractivity contribution in [1.82, 2.24) is 5.32 Å². The zero-order valence-electron chi connectivity index (χ0n) is 15.6. The summed E-state index contributed by atoms with van der Waals surface area (Å²) in [6.45, 7) is 6.28. The lowest BCUT2D eigenvalue weighted by Gasteiger charge is -2.27. The molecule has 25 heavy (non-hydrogen) atoms. The average Bonchev–Trinajstić information content (AvgIpc) is 3.11. The first-order valence-electron chi connectivity index (χ1n) is 9.32. The van der Waals surface area contributed by atoms with E-state index in [9.17, 15) is 9.59 Å². The number of nitrogens with one attached hydrogen (secondary N) is 1. The highest BCUT2D eigenvalue weighted by Crippen LogP contribution is 2.31. The number of carbonyl (C=O) groups excluding carboxylic acids is 2. The minimum atomic E-state index is -0.860. The first kappa shape index (κ1) is 19.3. The van der Waals surface area contributed by atoms with Gasteiger partial charge in [-0.1, -0.05) is 26.2 Å². The lowest BCUT2D eigenvalue weighted by Crippen LogP contribution is -2.53. The molecular formula is C20H30N2O3. The zero-order chi connectivity index (χ0) is 18.3. The number of hydrogen-bond acceptors (Lipinski definition) is 4. The van der Waals surface area contributed by atoms with E-state index in [1.807, 2.05) is 24.3 Å². The van der Waals surface area contributed by atoms with Gasteiger partial charge in [-0.15, -0.1) is 0 Å². The van der Waals surface area contributed by atoms with Crippen molar-refractivity contribution in [3.8, 4) is 0 Å². The van der Waals surface area contributed by atoms with E-state index in [1.165, 1.54) is 7.11 Å². The molecule has 2 rings (SSSR count). The molecule has 0 bridgehead atoms. The smallest absolute Gasteiger partial charge is 0.331 e. The summed E-state index contributed by atoms with van der Waals surface area (Å²) in [5, 5.41) is 2.93. The van der Waals surface area contributed by atoms with Crippen LogP contribution in [-0.4, -0.2) is 37.6 Å². The Hall–Kier alpha value is -2.04. The molecule has 0 atom stereocenters. The fourth-order valence-corrected chi connectivity index (χ4v) is 3.49. The highest BCUT2D eigenvalue weighted by molar-refractivity contribution is 5.98. The van der Waals surface area contributed by atoms with E-state index in [0.717, 1.165) is 44.5 Å². The van der Waals surface area contributed by atoms with Gasteiger partial charge in [0.25, 0.3) is 5.91 Å². The summed E-state index contributed by atoms with van der Waals surface area (Å²) in [5.74, 6) is -0.554. The molecule has 1 N–H and O–H groups in total. The number of unbranched alkanes of at least 4 members (excludes halogenated alkanes) is 1. The van der Waals surface area contributed by atoms with Gasteiger partial charge in [0.15, 0.2) is 0 Å². The summed E-state index contributed by atoms with van der Waals surface area (Å²) in [6, 6.07) is 7.62. The molecule has 0 heterocycles. The summed E-state index contributed by atoms with van der Waals surface area (Å²) in [4.78, 5) is 27.1. The normalized spacial score (nSPS) is 15.6. The molecule has 1 fully saturated rings. The Bertz CT molecular complexity index is 577. The maximum Gasteiger partial charge on any atom is 0.331 e. The Kier molecular flexibility index (Phi) is 6.85. The van der Waals surface area contributed by atoms with Crippen LogP contribution in [0.25, 0.3) is 0 Å². The van der Waals surface area contributed by atoms with Crippen LogP contribution in [0.3, 0.4) is 0 Å². The molecule has 1 amide bonds. The van der Waals surface area contributed by atoms with Crippen molar-refractivity contribution in [3.05, 3.63) is 29.8 Å². The third-order valence-electron chi connectivity index (χ3n) is 5.04. The van der Waals surface area contributed by atoms with Crippen LogP contribution >= 0.6 is 0 Å². The van der Waals surface area contributed by atoms with Crippen molar-refractivity contribution in [2.45, 2.75) is 57.9 Å². The number of nitrogens with zero attached hydrogens (tertiary/aromatic N) is 1. The van der Waals surface area contributed by atoms with E-state index < -0.39 is 5.54 Å². The van der Waals surface area contributed by atoms with E-state index in [4.69, 9.17) is 4.74 Å². The highest BCUT2D eigenvalue weighted by Gasteiger charge is 2.43. The molecule has 5 nitrogen and oxygen atoms in total. The van der Waals surface area contributed by atoms with Gasteiger partial charge in [-0.2, -0.15) is 0 Å². The molecule has 1 saturated carbocycles. The molecule has 1 aromatic rings. The molecule has 138 valence electrons. The van der Waals surface area contributed by atoms with Gasteiger partial charge in [-0.25, -0.2) is 4.79 Å². The van der Waals surface area contributed by atoms with Gasteiger partial charge in [-0.05, 0) is 50.5 Å². The van der Waals surface area contributed by atoms with E-state index >= 15 is 0 Å². The number of amides is 1. The Morgan fingerprint density at radius 3 is 2.32 bits per heavy atom. The van der Waals surface area contributed by atoms with Crippen molar-refractivity contribution < 1.29 is 14.3 Å². The molecule has 0 unspecified atom stereocenters. The van der Waals surface area contributed by atoms with Crippen LogP contribution in [-0.2, 0) is 9.53 Å². The van der Waals surface area contributed by atoms with Crippen LogP contribution < -0.4 is 10.2 Å². The lowest BCUT2D eigenvalue weighted by atomic mass is 9.97. The largest absolute Gasteiger partial charge is 0.467 e. The predicted molar refractivity (Wildman–Crippen MR) is 99.9 cm³/mol. The number of methoxy groups -OCH3 is 1. The number of rotatable bonds is 8. The molecule has 0 saturated heterocycles. The van der Waals surface area contributed by atoms with Gasteiger partial charge in [0, 0.05) is 24.3 Å². The number of esters is 1. The minimum absolute atomic E-state index is 0.213. The maximum absolute atomic E-state index is 12.6. The minimum Gasteiger partial charge on any atom is -0.467 e. The topological polar surface area (TPSA) is 58.6 Å². The summed E-state index contributed by atoms with van der Waals surface area (Å²) in [7, 11) is 1.37. The van der Waals surface area contributed by atoms with Crippen LogP contribution in [0.4, 0.5) is 5.69 Å². The van der Waals surface area contributed by atoms with Gasteiger partial charge in [0.2, 0.25) is 0 Å². The fourth-order valence-electron chi connectivity index (χ4n) is 3.49. The molecule has 0 aromatic heterocycles. The lowest BCUT2D eigenvalue weighted by molar-refractivity contribution is -0.148. The number of ether oxygens (including phenoxy) is 1. The van der Waals surface area contributed by atoms with Gasteiger partial charge >= 0.3 is 5.97 Å². The monoisotopic (exact) mass is 346 g/mol. The van der Waals surface area contributed by atoms with E-state index in [-0.39, 0.29) is 11.9 Å². The van der Waals surface area contributed by atoms with Gasteiger partial charge < -0.3 is 15.0 Å². The predicted octanol–water partition coefficient (Wildman–Crippen LogP) is 3.53. The van der Waals surface area contributed by atoms with Crippen molar-refractivity contribution >= 4 is 17.6 Å². The summed E-state index contributed by atoms with van der Waals surface area (Å²) < 4.78 is 4.92. The van der Waals surface area contributed by atoms with Crippen molar-refractivity contribution in [2.75, 3.05) is 25.1 Å². The summed E-state index contributed by atoms with van der Waals surface area (Å²) >= 11 is 0. The van der Waals surface area contributed by atoms with Crippen molar-refractivity contribution in [1.29, 1.82) is 0 Å². The SMILES string of the molecule is CCCCN(CC)c1ccc(C(=O)NC2(C(=O)OC)CCCC2)cc1. The third-order valence-corrected chi connectivity index (χ3v) is 5.04. The molecule has 0 radical (unpaired) electrons. The maximum atomic E-state index is 12.6. The van der Waals surface area contributed by atoms with Gasteiger partial charge in [0.05, 0.1) is 7.11 Å². The number of hydrogen-bond donors (Lipinski definition) is 1. The quantitative estimate of drug-likeness (QED) is 0.732. The molecule has 1 aliphatic carbocycles. The Morgan fingerprint density at radius 1 is 1.16 bits per heavy atom. The van der Waals surface area contributed by atoms with Crippen LogP contribution in [0.2, 0.25) is 0 Å². The standard InChI is InChI=1S/C20H30N2O3/c1-4-6-15-22(5-2)17-11-9-16(10-12-17)18(23)21-20(19(24)25-3)13-7-8-14-20/h9-12H,4-8,13-15H2,1-3H3,(H,21,23). The van der Waals surface area contributed by atoms with Crippen LogP contribution in [0.5, 0.6) is 0 Å². The summed E-state index contributed by atoms with van der Waals surface area (Å²) in [6.07, 6.45) is 5.45. The van der Waals surface area contributed by atoms with Crippen molar-refractivity contribution in [3.63, 3.8) is 0 Å².